The molecule has 1 N–H and O–H groups in total. The van der Waals surface area contributed by atoms with Crippen molar-refractivity contribution in [2.24, 2.45) is 0 Å². The molecule has 0 atom stereocenters. The Morgan fingerprint density at radius 2 is 1.69 bits per heavy atom. The smallest absolute Gasteiger partial charge is 0.265 e. The van der Waals surface area contributed by atoms with Gasteiger partial charge in [0, 0.05) is 19.3 Å². The first kappa shape index (κ1) is 18.3. The molecule has 3 aromatic rings. The Kier molecular flexibility index (Phi) is 5.51. The van der Waals surface area contributed by atoms with E-state index in [-0.39, 0.29) is 10.8 Å². The van der Waals surface area contributed by atoms with Crippen LogP contribution in [0, 0.1) is 0 Å². The van der Waals surface area contributed by atoms with Crippen LogP contribution in [-0.2, 0) is 16.6 Å². The minimum absolute atomic E-state index is 0.185. The van der Waals surface area contributed by atoms with E-state index in [4.69, 9.17) is 0 Å². The van der Waals surface area contributed by atoms with Crippen molar-refractivity contribution in [1.82, 2.24) is 4.31 Å². The van der Waals surface area contributed by atoms with Crippen molar-refractivity contribution in [3.63, 3.8) is 0 Å². The number of benzene rings is 2. The van der Waals surface area contributed by atoms with Gasteiger partial charge in [0.2, 0.25) is 10.0 Å². The molecule has 26 heavy (non-hydrogen) atoms. The van der Waals surface area contributed by atoms with E-state index in [1.54, 1.807) is 31.3 Å². The number of sulfonamides is 1. The normalized spacial score (nSPS) is 11.5. The predicted molar refractivity (Wildman–Crippen MR) is 104 cm³/mol. The zero-order valence-electron chi connectivity index (χ0n) is 14.1. The summed E-state index contributed by atoms with van der Waals surface area (Å²) in [5.74, 6) is -0.211. The van der Waals surface area contributed by atoms with Crippen LogP contribution in [-0.4, -0.2) is 25.7 Å². The second-order valence-electron chi connectivity index (χ2n) is 5.70. The summed E-state index contributed by atoms with van der Waals surface area (Å²) in [6.45, 7) is 0.292. The average molecular weight is 386 g/mol. The van der Waals surface area contributed by atoms with Crippen molar-refractivity contribution in [3.8, 4) is 0 Å². The van der Waals surface area contributed by atoms with Gasteiger partial charge in [0.25, 0.3) is 5.91 Å². The summed E-state index contributed by atoms with van der Waals surface area (Å²) in [6, 6.07) is 19.1. The fourth-order valence-corrected chi connectivity index (χ4v) is 4.19. The van der Waals surface area contributed by atoms with Crippen LogP contribution in [0.4, 0.5) is 5.69 Å². The average Bonchev–Trinajstić information content (AvgIpc) is 3.18. The second kappa shape index (κ2) is 7.82. The quantitative estimate of drug-likeness (QED) is 0.700. The molecule has 3 rings (SSSR count). The lowest BCUT2D eigenvalue weighted by molar-refractivity contribution is 0.103. The van der Waals surface area contributed by atoms with Gasteiger partial charge in [-0.15, -0.1) is 11.3 Å². The van der Waals surface area contributed by atoms with Gasteiger partial charge in [0.15, 0.2) is 0 Å². The van der Waals surface area contributed by atoms with Crippen LogP contribution in [0.15, 0.2) is 77.0 Å². The van der Waals surface area contributed by atoms with Gasteiger partial charge in [-0.25, -0.2) is 8.42 Å². The molecule has 2 aromatic carbocycles. The Balaban J connectivity index is 1.71. The van der Waals surface area contributed by atoms with Crippen molar-refractivity contribution < 1.29 is 13.2 Å². The molecule has 0 aliphatic carbocycles. The Morgan fingerprint density at radius 1 is 1.00 bits per heavy atom. The van der Waals surface area contributed by atoms with Crippen LogP contribution in [0.2, 0.25) is 0 Å². The highest BCUT2D eigenvalue weighted by atomic mass is 32.2. The Hall–Kier alpha value is -2.48. The molecule has 0 radical (unpaired) electrons. The summed E-state index contributed by atoms with van der Waals surface area (Å²) in [5, 5.41) is 4.58. The molecule has 0 fully saturated rings. The van der Waals surface area contributed by atoms with E-state index >= 15 is 0 Å². The third kappa shape index (κ3) is 4.19. The number of rotatable bonds is 6. The second-order valence-corrected chi connectivity index (χ2v) is 8.70. The van der Waals surface area contributed by atoms with E-state index in [1.165, 1.54) is 27.8 Å². The fourth-order valence-electron chi connectivity index (χ4n) is 2.42. The Labute approximate surface area is 157 Å². The molecule has 1 amide bonds. The monoisotopic (exact) mass is 386 g/mol. The van der Waals surface area contributed by atoms with Crippen LogP contribution in [0.1, 0.15) is 15.2 Å². The number of carbonyl (C=O) groups is 1. The molecule has 0 spiro atoms. The van der Waals surface area contributed by atoms with E-state index in [1.807, 2.05) is 35.7 Å². The van der Waals surface area contributed by atoms with Crippen LogP contribution in [0.3, 0.4) is 0 Å². The van der Waals surface area contributed by atoms with Crippen molar-refractivity contribution >= 4 is 33.0 Å². The molecule has 0 bridgehead atoms. The van der Waals surface area contributed by atoms with E-state index in [9.17, 15) is 13.2 Å². The molecule has 0 unspecified atom stereocenters. The van der Waals surface area contributed by atoms with Crippen LogP contribution < -0.4 is 5.32 Å². The minimum atomic E-state index is -3.60. The number of anilines is 1. The summed E-state index contributed by atoms with van der Waals surface area (Å²) < 4.78 is 26.7. The lowest BCUT2D eigenvalue weighted by Gasteiger charge is -2.17. The molecular weight excluding hydrogens is 368 g/mol. The van der Waals surface area contributed by atoms with Gasteiger partial charge >= 0.3 is 0 Å². The van der Waals surface area contributed by atoms with E-state index in [0.717, 1.165) is 5.56 Å². The summed E-state index contributed by atoms with van der Waals surface area (Å²) >= 11 is 1.35. The maximum atomic E-state index is 12.7. The highest BCUT2D eigenvalue weighted by Gasteiger charge is 2.21. The minimum Gasteiger partial charge on any atom is -0.321 e. The maximum Gasteiger partial charge on any atom is 0.265 e. The van der Waals surface area contributed by atoms with Crippen molar-refractivity contribution in [3.05, 3.63) is 82.6 Å². The molecule has 0 aliphatic rings. The number of nitrogens with one attached hydrogen (secondary N) is 1. The molecule has 0 aliphatic heterocycles. The van der Waals surface area contributed by atoms with Gasteiger partial charge in [-0.3, -0.25) is 4.79 Å². The van der Waals surface area contributed by atoms with Crippen LogP contribution in [0.5, 0.6) is 0 Å². The first-order valence-corrected chi connectivity index (χ1v) is 10.2. The third-order valence-corrected chi connectivity index (χ3v) is 6.50. The molecule has 7 heteroatoms. The van der Waals surface area contributed by atoms with E-state index in [0.29, 0.717) is 17.1 Å². The topological polar surface area (TPSA) is 66.5 Å². The summed E-state index contributed by atoms with van der Waals surface area (Å²) in [5.41, 5.74) is 1.46. The van der Waals surface area contributed by atoms with Gasteiger partial charge in [-0.2, -0.15) is 4.31 Å². The first-order valence-electron chi connectivity index (χ1n) is 7.92. The largest absolute Gasteiger partial charge is 0.321 e. The summed E-state index contributed by atoms with van der Waals surface area (Å²) in [6.07, 6.45) is 0. The SMILES string of the molecule is CN(Cc1ccccc1)S(=O)(=O)c1ccc(NC(=O)c2cccs2)cc1. The molecule has 1 heterocycles. The standard InChI is InChI=1S/C19H18N2O3S2/c1-21(14-15-6-3-2-4-7-15)26(23,24)17-11-9-16(10-12-17)20-19(22)18-8-5-13-25-18/h2-13H,14H2,1H3,(H,20,22). The number of hydrogen-bond acceptors (Lipinski definition) is 4. The number of nitrogens with zero attached hydrogens (tertiary/aromatic N) is 1. The molecular formula is C19H18N2O3S2. The van der Waals surface area contributed by atoms with E-state index in [2.05, 4.69) is 5.32 Å². The number of hydrogen-bond donors (Lipinski definition) is 1. The lowest BCUT2D eigenvalue weighted by atomic mass is 10.2. The van der Waals surface area contributed by atoms with Crippen LogP contribution >= 0.6 is 11.3 Å². The van der Waals surface area contributed by atoms with Gasteiger partial charge in [0.1, 0.15) is 0 Å². The Bertz CT molecular complexity index is 967. The summed E-state index contributed by atoms with van der Waals surface area (Å²) in [4.78, 5) is 12.8. The predicted octanol–water partition coefficient (Wildman–Crippen LogP) is 3.82. The zero-order valence-corrected chi connectivity index (χ0v) is 15.8. The fraction of sp³-hybridized carbons (Fsp3) is 0.105. The highest BCUT2D eigenvalue weighted by molar-refractivity contribution is 7.89. The van der Waals surface area contributed by atoms with Gasteiger partial charge in [-0.1, -0.05) is 36.4 Å². The van der Waals surface area contributed by atoms with Gasteiger partial charge in [-0.05, 0) is 41.3 Å². The zero-order chi connectivity index (χ0) is 18.6. The molecule has 0 saturated carbocycles. The number of carbonyl (C=O) groups excluding carboxylic acids is 1. The van der Waals surface area contributed by atoms with Crippen molar-refractivity contribution in [2.45, 2.75) is 11.4 Å². The third-order valence-electron chi connectivity index (χ3n) is 3.81. The van der Waals surface area contributed by atoms with Crippen LogP contribution in [0.25, 0.3) is 0 Å². The van der Waals surface area contributed by atoms with Gasteiger partial charge in [0.05, 0.1) is 9.77 Å². The van der Waals surface area contributed by atoms with Gasteiger partial charge < -0.3 is 5.32 Å². The highest BCUT2D eigenvalue weighted by Crippen LogP contribution is 2.20. The van der Waals surface area contributed by atoms with Crippen molar-refractivity contribution in [2.75, 3.05) is 12.4 Å². The lowest BCUT2D eigenvalue weighted by Crippen LogP contribution is -2.26. The first-order chi connectivity index (χ1) is 12.5. The maximum absolute atomic E-state index is 12.7. The van der Waals surface area contributed by atoms with Crippen molar-refractivity contribution in [1.29, 1.82) is 0 Å². The molecule has 5 nitrogen and oxygen atoms in total. The Morgan fingerprint density at radius 3 is 2.31 bits per heavy atom. The molecule has 1 aromatic heterocycles. The number of amides is 1. The number of thiophene rings is 1. The summed E-state index contributed by atoms with van der Waals surface area (Å²) in [7, 11) is -2.05. The van der Waals surface area contributed by atoms with E-state index < -0.39 is 10.0 Å². The molecule has 0 saturated heterocycles. The molecule has 134 valence electrons.